The lowest BCUT2D eigenvalue weighted by molar-refractivity contribution is 0.0688. The Bertz CT molecular complexity index is 1230. The van der Waals surface area contributed by atoms with Crippen molar-refractivity contribution in [2.24, 2.45) is 0 Å². The van der Waals surface area contributed by atoms with E-state index in [9.17, 15) is 9.90 Å². The molecule has 3 heterocycles. The number of hydrogen-bond donors (Lipinski definition) is 2. The van der Waals surface area contributed by atoms with Crippen LogP contribution in [0.4, 0.5) is 11.6 Å². The maximum Gasteiger partial charge on any atom is 0.353 e. The average molecular weight is 421 g/mol. The largest absolute Gasteiger partial charge is 0.493 e. The van der Waals surface area contributed by atoms with E-state index >= 15 is 0 Å². The summed E-state index contributed by atoms with van der Waals surface area (Å²) < 4.78 is 17.5. The molecule has 0 spiro atoms. The Hall–Kier alpha value is -4.34. The molecule has 1 aromatic carbocycles. The number of methoxy groups -OCH3 is 3. The van der Waals surface area contributed by atoms with Gasteiger partial charge in [-0.1, -0.05) is 6.07 Å². The molecule has 0 unspecified atom stereocenters. The van der Waals surface area contributed by atoms with Gasteiger partial charge in [0.05, 0.1) is 21.3 Å². The van der Waals surface area contributed by atoms with Gasteiger partial charge in [0.15, 0.2) is 17.1 Å². The Morgan fingerprint density at radius 2 is 1.77 bits per heavy atom. The van der Waals surface area contributed by atoms with E-state index in [-0.39, 0.29) is 11.6 Å². The number of carboxylic acids is 1. The Morgan fingerprint density at radius 3 is 2.35 bits per heavy atom. The van der Waals surface area contributed by atoms with Gasteiger partial charge < -0.3 is 24.6 Å². The summed E-state index contributed by atoms with van der Waals surface area (Å²) in [6.07, 6.45) is 3.14. The average Bonchev–Trinajstić information content (AvgIpc) is 3.18. The molecule has 0 saturated carbocycles. The number of anilines is 2. The smallest absolute Gasteiger partial charge is 0.353 e. The first kappa shape index (κ1) is 20.0. The summed E-state index contributed by atoms with van der Waals surface area (Å²) in [7, 11) is 4.57. The maximum atomic E-state index is 11.8. The lowest BCUT2D eigenvalue weighted by Crippen LogP contribution is -2.08. The van der Waals surface area contributed by atoms with E-state index in [1.165, 1.54) is 32.0 Å². The first-order valence-corrected chi connectivity index (χ1v) is 9.16. The van der Waals surface area contributed by atoms with Gasteiger partial charge in [-0.3, -0.25) is 4.57 Å². The second-order valence-electron chi connectivity index (χ2n) is 6.37. The van der Waals surface area contributed by atoms with Crippen LogP contribution in [-0.4, -0.2) is 51.9 Å². The monoisotopic (exact) mass is 421 g/mol. The first-order valence-electron chi connectivity index (χ1n) is 9.16. The molecule has 4 aromatic rings. The van der Waals surface area contributed by atoms with Gasteiger partial charge in [0.2, 0.25) is 11.7 Å². The molecule has 2 N–H and O–H groups in total. The molecule has 0 fully saturated rings. The van der Waals surface area contributed by atoms with Crippen LogP contribution in [0.25, 0.3) is 16.9 Å². The minimum absolute atomic E-state index is 0.0351. The highest BCUT2D eigenvalue weighted by atomic mass is 16.5. The number of nitrogens with zero attached hydrogens (tertiary/aromatic N) is 4. The van der Waals surface area contributed by atoms with E-state index in [0.29, 0.717) is 39.8 Å². The minimum Gasteiger partial charge on any atom is -0.493 e. The summed E-state index contributed by atoms with van der Waals surface area (Å²) in [5, 5.41) is 13.3. The van der Waals surface area contributed by atoms with Gasteiger partial charge in [-0.25, -0.2) is 14.8 Å². The molecule has 10 nitrogen and oxygen atoms in total. The van der Waals surface area contributed by atoms with E-state index in [4.69, 9.17) is 14.2 Å². The molecule has 0 aliphatic heterocycles. The normalized spacial score (nSPS) is 10.7. The second kappa shape index (κ2) is 8.19. The van der Waals surface area contributed by atoms with E-state index in [2.05, 4.69) is 20.3 Å². The molecule has 3 aromatic heterocycles. The number of carboxylic acid groups (broad SMARTS) is 1. The van der Waals surface area contributed by atoms with Crippen molar-refractivity contribution in [3.8, 4) is 23.1 Å². The number of aromatic nitrogens is 4. The van der Waals surface area contributed by atoms with Gasteiger partial charge in [0.1, 0.15) is 11.5 Å². The number of nitrogens with one attached hydrogen (secondary N) is 1. The highest BCUT2D eigenvalue weighted by Gasteiger charge is 2.19. The molecule has 31 heavy (non-hydrogen) atoms. The van der Waals surface area contributed by atoms with Crippen LogP contribution in [0.3, 0.4) is 0 Å². The Balaban J connectivity index is 1.81. The minimum atomic E-state index is -1.09. The van der Waals surface area contributed by atoms with Crippen molar-refractivity contribution in [2.45, 2.75) is 0 Å². The summed E-state index contributed by atoms with van der Waals surface area (Å²) in [6, 6.07) is 10.2. The van der Waals surface area contributed by atoms with Crippen molar-refractivity contribution in [2.75, 3.05) is 26.6 Å². The highest BCUT2D eigenvalue weighted by molar-refractivity contribution is 5.94. The molecule has 0 saturated heterocycles. The Kier molecular flexibility index (Phi) is 5.27. The molecular weight excluding hydrogens is 402 g/mol. The molecule has 0 atom stereocenters. The lowest BCUT2D eigenvalue weighted by atomic mass is 10.2. The number of benzene rings is 1. The first-order chi connectivity index (χ1) is 15.0. The molecule has 0 aliphatic rings. The third-order valence-corrected chi connectivity index (χ3v) is 4.56. The van der Waals surface area contributed by atoms with Crippen LogP contribution in [0.15, 0.2) is 48.8 Å². The van der Waals surface area contributed by atoms with Crippen LogP contribution >= 0.6 is 0 Å². The van der Waals surface area contributed by atoms with Crippen molar-refractivity contribution in [3.63, 3.8) is 0 Å². The molecule has 0 aliphatic carbocycles. The number of pyridine rings is 1. The molecule has 4 rings (SSSR count). The van der Waals surface area contributed by atoms with Crippen LogP contribution < -0.4 is 19.5 Å². The fourth-order valence-electron chi connectivity index (χ4n) is 3.21. The molecule has 0 radical (unpaired) electrons. The van der Waals surface area contributed by atoms with Crippen molar-refractivity contribution in [3.05, 3.63) is 54.5 Å². The third kappa shape index (κ3) is 3.66. The number of rotatable bonds is 7. The number of hydrogen-bond acceptors (Lipinski definition) is 8. The van der Waals surface area contributed by atoms with Crippen molar-refractivity contribution in [1.82, 2.24) is 19.5 Å². The van der Waals surface area contributed by atoms with Gasteiger partial charge in [0, 0.05) is 35.6 Å². The topological polar surface area (TPSA) is 121 Å². The summed E-state index contributed by atoms with van der Waals surface area (Å²) in [4.78, 5) is 24.9. The van der Waals surface area contributed by atoms with Crippen LogP contribution in [0.2, 0.25) is 0 Å². The summed E-state index contributed by atoms with van der Waals surface area (Å²) in [5.74, 6) is 0.997. The number of fused-ring (bicyclic) bond motifs is 1. The standard InChI is InChI=1S/C21H19N5O5/c1-29-15-9-13(10-16(30-2)18(15)31-3)24-21-23-11-12-8-14(20(27)28)26(19(12)25-21)17-6-4-5-7-22-17/h4-11H,1-3H3,(H,27,28)(H,23,24,25). The third-order valence-electron chi connectivity index (χ3n) is 4.56. The zero-order valence-electron chi connectivity index (χ0n) is 17.0. The predicted octanol–water partition coefficient (Wildman–Crippen LogP) is 3.28. The number of ether oxygens (including phenoxy) is 3. The number of aromatic carboxylic acids is 1. The maximum absolute atomic E-state index is 11.8. The van der Waals surface area contributed by atoms with Crippen LogP contribution in [0.5, 0.6) is 17.2 Å². The highest BCUT2D eigenvalue weighted by Crippen LogP contribution is 2.40. The van der Waals surface area contributed by atoms with Gasteiger partial charge in [-0.15, -0.1) is 0 Å². The van der Waals surface area contributed by atoms with Gasteiger partial charge in [-0.05, 0) is 18.2 Å². The Labute approximate surface area is 177 Å². The van der Waals surface area contributed by atoms with Crippen LogP contribution in [-0.2, 0) is 0 Å². The van der Waals surface area contributed by atoms with E-state index in [1.54, 1.807) is 42.7 Å². The fraction of sp³-hybridized carbons (Fsp3) is 0.143. The number of carbonyl (C=O) groups is 1. The molecule has 10 heteroatoms. The summed E-state index contributed by atoms with van der Waals surface area (Å²) >= 11 is 0. The van der Waals surface area contributed by atoms with E-state index in [1.807, 2.05) is 0 Å². The predicted molar refractivity (Wildman–Crippen MR) is 113 cm³/mol. The van der Waals surface area contributed by atoms with Gasteiger partial charge >= 0.3 is 5.97 Å². The zero-order valence-corrected chi connectivity index (χ0v) is 17.0. The van der Waals surface area contributed by atoms with Crippen LogP contribution in [0.1, 0.15) is 10.5 Å². The van der Waals surface area contributed by atoms with E-state index < -0.39 is 5.97 Å². The molecule has 0 bridgehead atoms. The zero-order chi connectivity index (χ0) is 22.0. The molecule has 0 amide bonds. The molecule has 158 valence electrons. The summed E-state index contributed by atoms with van der Waals surface area (Å²) in [5.41, 5.74) is 1.04. The lowest BCUT2D eigenvalue weighted by Gasteiger charge is -2.14. The SMILES string of the molecule is COc1cc(Nc2ncc3cc(C(=O)O)n(-c4ccccn4)c3n2)cc(OC)c1OC. The van der Waals surface area contributed by atoms with Crippen LogP contribution in [0, 0.1) is 0 Å². The van der Waals surface area contributed by atoms with Crippen molar-refractivity contribution >= 4 is 28.6 Å². The fourth-order valence-corrected chi connectivity index (χ4v) is 3.21. The van der Waals surface area contributed by atoms with E-state index in [0.717, 1.165) is 0 Å². The molecular formula is C21H19N5O5. The summed E-state index contributed by atoms with van der Waals surface area (Å²) in [6.45, 7) is 0. The Morgan fingerprint density at radius 1 is 1.03 bits per heavy atom. The van der Waals surface area contributed by atoms with Crippen molar-refractivity contribution in [1.29, 1.82) is 0 Å². The second-order valence-corrected chi connectivity index (χ2v) is 6.37. The quantitative estimate of drug-likeness (QED) is 0.463. The van der Waals surface area contributed by atoms with Gasteiger partial charge in [0.25, 0.3) is 0 Å². The van der Waals surface area contributed by atoms with Gasteiger partial charge in [-0.2, -0.15) is 4.98 Å². The van der Waals surface area contributed by atoms with Crippen molar-refractivity contribution < 1.29 is 24.1 Å².